The minimum atomic E-state index is -0.865. The topological polar surface area (TPSA) is 43.9 Å². The first kappa shape index (κ1) is 10.6. The van der Waals surface area contributed by atoms with Gasteiger partial charge >= 0.3 is 0 Å². The van der Waals surface area contributed by atoms with Crippen LogP contribution in [0.4, 0.5) is 0 Å². The lowest BCUT2D eigenvalue weighted by Gasteiger charge is -2.11. The van der Waals surface area contributed by atoms with Gasteiger partial charge in [0.05, 0.1) is 33.0 Å². The van der Waals surface area contributed by atoms with Crippen LogP contribution in [0.1, 0.15) is 21.9 Å². The van der Waals surface area contributed by atoms with Gasteiger partial charge < -0.3 is 8.98 Å². The molecule has 4 nitrogen and oxygen atoms in total. The summed E-state index contributed by atoms with van der Waals surface area (Å²) in [6.45, 7) is 0. The fraction of sp³-hybridized carbons (Fsp3) is 0. The smallest absolute Gasteiger partial charge is 0.180 e. The fourth-order valence-corrected chi connectivity index (χ4v) is 4.50. The highest BCUT2D eigenvalue weighted by atomic mass is 16.3. The first-order chi connectivity index (χ1) is 25.5. The van der Waals surface area contributed by atoms with Crippen LogP contribution in [0.5, 0.6) is 0 Å². The molecular formula is C34H21N3O. The zero-order valence-corrected chi connectivity index (χ0v) is 19.1. The Morgan fingerprint density at radius 2 is 1.32 bits per heavy atom. The van der Waals surface area contributed by atoms with Crippen LogP contribution < -0.4 is 0 Å². The molecule has 0 aliphatic carbocycles. The van der Waals surface area contributed by atoms with Crippen molar-refractivity contribution in [3.05, 3.63) is 127 Å². The van der Waals surface area contributed by atoms with Gasteiger partial charge in [-0.2, -0.15) is 0 Å². The van der Waals surface area contributed by atoms with E-state index in [0.29, 0.717) is 16.5 Å². The molecule has 0 aliphatic heterocycles. The lowest BCUT2D eigenvalue weighted by molar-refractivity contribution is 0.667. The standard InChI is InChI=1S/C34H21N3O/c1-4-16-29-26(13-1)27-14-2-5-17-30(27)37(29)25-12-8-10-23(20-25)22-9-7-11-24(19-22)32-34-33(36-21-35-32)28-15-3-6-18-31(28)38-34/h1-21H/i1D,2D,4D,5D,7D,8D,9D,10D,11D,12D,13D,14D,16D,17D,19D,20D. The maximum Gasteiger partial charge on any atom is 0.180 e. The summed E-state index contributed by atoms with van der Waals surface area (Å²) in [5.74, 6) is 0. The molecule has 0 radical (unpaired) electrons. The van der Waals surface area contributed by atoms with Gasteiger partial charge in [-0.25, -0.2) is 9.97 Å². The second-order valence-electron chi connectivity index (χ2n) is 8.25. The molecule has 38 heavy (non-hydrogen) atoms. The number of furan rings is 1. The molecule has 0 atom stereocenters. The summed E-state index contributed by atoms with van der Waals surface area (Å²) in [5.41, 5.74) is -2.35. The molecule has 0 spiro atoms. The molecule has 0 bridgehead atoms. The second-order valence-corrected chi connectivity index (χ2v) is 8.25. The van der Waals surface area contributed by atoms with Crippen molar-refractivity contribution in [2.24, 2.45) is 0 Å². The SMILES string of the molecule is [2H]c1c([2H])c(-c2c([2H])c([2H])c([2H])c(-n3c4c([2H])c([2H])c([2H])c([2H])c4c4c([2H])c([2H])c([2H])c([2H])c43)c2[2H])c([2H])c(-c2ncnc3c2oc2ccccc23)c1[2H]. The maximum atomic E-state index is 9.48. The Morgan fingerprint density at radius 3 is 2.13 bits per heavy atom. The molecule has 0 amide bonds. The van der Waals surface area contributed by atoms with Crippen molar-refractivity contribution in [1.29, 1.82) is 0 Å². The number of hydrogen-bond donors (Lipinski definition) is 0. The third kappa shape index (κ3) is 3.10. The van der Waals surface area contributed by atoms with Crippen molar-refractivity contribution >= 4 is 43.9 Å². The van der Waals surface area contributed by atoms with Crippen molar-refractivity contribution in [2.45, 2.75) is 0 Å². The van der Waals surface area contributed by atoms with Gasteiger partial charge in [0.2, 0.25) is 0 Å². The third-order valence-corrected chi connectivity index (χ3v) is 6.14. The second kappa shape index (κ2) is 8.15. The zero-order chi connectivity index (χ0) is 39.0. The number of rotatable bonds is 3. The van der Waals surface area contributed by atoms with E-state index >= 15 is 0 Å². The average molecular weight is 504 g/mol. The van der Waals surface area contributed by atoms with E-state index in [1.807, 2.05) is 0 Å². The molecule has 8 rings (SSSR count). The highest BCUT2D eigenvalue weighted by molar-refractivity contribution is 6.09. The van der Waals surface area contributed by atoms with E-state index in [1.165, 1.54) is 6.33 Å². The van der Waals surface area contributed by atoms with Crippen LogP contribution >= 0.6 is 0 Å². The predicted octanol–water partition coefficient (Wildman–Crippen LogP) is 8.81. The van der Waals surface area contributed by atoms with E-state index < -0.39 is 125 Å². The van der Waals surface area contributed by atoms with Gasteiger partial charge in [-0.15, -0.1) is 0 Å². The minimum absolute atomic E-state index is 0.0536. The third-order valence-electron chi connectivity index (χ3n) is 6.14. The molecule has 0 fully saturated rings. The van der Waals surface area contributed by atoms with Gasteiger partial charge in [-0.05, 0) is 53.5 Å². The zero-order valence-electron chi connectivity index (χ0n) is 35.1. The summed E-state index contributed by atoms with van der Waals surface area (Å²) in [4.78, 5) is 8.57. The van der Waals surface area contributed by atoms with Crippen molar-refractivity contribution in [3.63, 3.8) is 0 Å². The number of aromatic nitrogens is 3. The van der Waals surface area contributed by atoms with Crippen molar-refractivity contribution in [1.82, 2.24) is 14.5 Å². The van der Waals surface area contributed by atoms with E-state index in [1.54, 1.807) is 24.3 Å². The number of benzene rings is 5. The Kier molecular flexibility index (Phi) is 2.28. The summed E-state index contributed by atoms with van der Waals surface area (Å²) >= 11 is 0. The van der Waals surface area contributed by atoms with Crippen LogP contribution in [0.25, 0.3) is 71.9 Å². The van der Waals surface area contributed by atoms with E-state index in [-0.39, 0.29) is 27.6 Å². The number of fused-ring (bicyclic) bond motifs is 6. The van der Waals surface area contributed by atoms with E-state index in [2.05, 4.69) is 9.97 Å². The van der Waals surface area contributed by atoms with Crippen LogP contribution in [0.3, 0.4) is 0 Å². The van der Waals surface area contributed by atoms with Gasteiger partial charge in [0.25, 0.3) is 0 Å². The molecule has 3 heterocycles. The molecule has 5 aromatic carbocycles. The van der Waals surface area contributed by atoms with Gasteiger partial charge in [0.1, 0.15) is 23.1 Å². The van der Waals surface area contributed by atoms with Gasteiger partial charge in [-0.3, -0.25) is 0 Å². The normalized spacial score (nSPS) is 17.6. The number of para-hydroxylation sites is 3. The molecule has 3 aromatic heterocycles. The van der Waals surface area contributed by atoms with E-state index in [4.69, 9.17) is 23.6 Å². The van der Waals surface area contributed by atoms with E-state index in [9.17, 15) is 2.74 Å². The molecule has 0 unspecified atom stereocenters. The average Bonchev–Trinajstić information content (AvgIpc) is 3.72. The molecule has 0 saturated carbocycles. The van der Waals surface area contributed by atoms with Crippen LogP contribution in [0, 0.1) is 0 Å². The summed E-state index contributed by atoms with van der Waals surface area (Å²) in [5, 5.41) is -0.101. The van der Waals surface area contributed by atoms with Crippen LogP contribution in [0.2, 0.25) is 0 Å². The van der Waals surface area contributed by atoms with E-state index in [0.717, 1.165) is 4.57 Å². The predicted molar refractivity (Wildman–Crippen MR) is 155 cm³/mol. The van der Waals surface area contributed by atoms with Gasteiger partial charge in [0.15, 0.2) is 5.58 Å². The molecule has 4 heteroatoms. The number of nitrogens with zero attached hydrogens (tertiary/aromatic N) is 3. The van der Waals surface area contributed by atoms with Crippen LogP contribution in [0.15, 0.2) is 132 Å². The van der Waals surface area contributed by atoms with Gasteiger partial charge in [0, 0.05) is 27.4 Å². The molecular weight excluding hydrogens is 466 g/mol. The van der Waals surface area contributed by atoms with Crippen molar-refractivity contribution < 1.29 is 26.3 Å². The van der Waals surface area contributed by atoms with Crippen molar-refractivity contribution in [3.8, 4) is 28.1 Å². The monoisotopic (exact) mass is 503 g/mol. The summed E-state index contributed by atoms with van der Waals surface area (Å²) < 4.78 is 148. The fourth-order valence-electron chi connectivity index (χ4n) is 4.50. The highest BCUT2D eigenvalue weighted by Gasteiger charge is 2.16. The lowest BCUT2D eigenvalue weighted by atomic mass is 10.0. The number of hydrogen-bond acceptors (Lipinski definition) is 3. The summed E-state index contributed by atoms with van der Waals surface area (Å²) in [7, 11) is 0. The summed E-state index contributed by atoms with van der Waals surface area (Å²) in [6.07, 6.45) is 1.17. The minimum Gasteiger partial charge on any atom is -0.452 e. The molecule has 0 N–H and O–H groups in total. The molecule has 8 aromatic rings. The van der Waals surface area contributed by atoms with Crippen LogP contribution in [-0.2, 0) is 0 Å². The largest absolute Gasteiger partial charge is 0.452 e. The highest BCUT2D eigenvalue weighted by Crippen LogP contribution is 2.36. The first-order valence-electron chi connectivity index (χ1n) is 19.4. The van der Waals surface area contributed by atoms with Crippen molar-refractivity contribution in [2.75, 3.05) is 0 Å². The Bertz CT molecular complexity index is 2950. The Labute approximate surface area is 240 Å². The van der Waals surface area contributed by atoms with Crippen LogP contribution in [-0.4, -0.2) is 14.5 Å². The Morgan fingerprint density at radius 1 is 0.632 bits per heavy atom. The maximum absolute atomic E-state index is 9.48. The van der Waals surface area contributed by atoms with Gasteiger partial charge in [-0.1, -0.05) is 78.6 Å². The lowest BCUT2D eigenvalue weighted by Crippen LogP contribution is -1.94. The molecule has 178 valence electrons. The Hall–Kier alpha value is -5.22. The molecule has 0 aliphatic rings. The summed E-state index contributed by atoms with van der Waals surface area (Å²) in [6, 6.07) is -4.97. The molecule has 0 saturated heterocycles. The quantitative estimate of drug-likeness (QED) is 0.242. The Balaban J connectivity index is 1.55. The first-order valence-corrected chi connectivity index (χ1v) is 11.4.